The number of hydrogen-bond acceptors (Lipinski definition) is 12. The van der Waals surface area contributed by atoms with E-state index in [9.17, 15) is 9.59 Å². The van der Waals surface area contributed by atoms with Crippen molar-refractivity contribution >= 4 is 68.7 Å². The van der Waals surface area contributed by atoms with Crippen molar-refractivity contribution < 1.29 is 28.5 Å². The lowest BCUT2D eigenvalue weighted by molar-refractivity contribution is 0.0332. The molecule has 4 aromatic carbocycles. The zero-order valence-corrected chi connectivity index (χ0v) is 37.8. The molecule has 2 aliphatic heterocycles. The average Bonchev–Trinajstić information content (AvgIpc) is 3.91. The predicted molar refractivity (Wildman–Crippen MR) is 246 cm³/mol. The van der Waals surface area contributed by atoms with Crippen LogP contribution in [0.2, 0.25) is 25.7 Å². The van der Waals surface area contributed by atoms with Crippen LogP contribution in [0.5, 0.6) is 5.75 Å². The number of anilines is 1. The molecular formula is C47H51N5O6S2Si. The van der Waals surface area contributed by atoms with Gasteiger partial charge in [0.25, 0.3) is 5.91 Å². The van der Waals surface area contributed by atoms with Gasteiger partial charge in [-0.1, -0.05) is 73.3 Å². The van der Waals surface area contributed by atoms with E-state index in [2.05, 4.69) is 58.7 Å². The summed E-state index contributed by atoms with van der Waals surface area (Å²) in [6.45, 7) is 13.8. The summed E-state index contributed by atoms with van der Waals surface area (Å²) in [4.78, 5) is 41.9. The lowest BCUT2D eigenvalue weighted by atomic mass is 9.94. The van der Waals surface area contributed by atoms with Gasteiger partial charge in [-0.25, -0.2) is 14.8 Å². The molecule has 1 unspecified atom stereocenters. The summed E-state index contributed by atoms with van der Waals surface area (Å²) in [5.74, 6) is 6.56. The van der Waals surface area contributed by atoms with Crippen molar-refractivity contribution in [1.29, 1.82) is 0 Å². The van der Waals surface area contributed by atoms with Crippen LogP contribution >= 0.6 is 22.7 Å². The number of benzene rings is 4. The Kier molecular flexibility index (Phi) is 13.4. The summed E-state index contributed by atoms with van der Waals surface area (Å²) in [5.41, 5.74) is 4.46. The number of carbonyl (C=O) groups excluding carboxylic acids is 2. The second-order valence-electron chi connectivity index (χ2n) is 16.5. The standard InChI is InChI=1S/C47H51N5O6S2Si/c1-55-46(54)42-41(18-14-32-13-15-35-30-36(17-16-34(35)29-32)57-24-8-20-51-22-25-56-26-23-51)60-47(49-42)52-21-19-33-9-7-10-37(38(33)31-52)43(53)50-44(58-27-28-61(2,3)4)45-48-39-11-5-6-12-40(39)59-45/h5-7,9-13,15-17,29-30,44H,8,19-28,31H2,1-4H3,(H,50,53). The van der Waals surface area contributed by atoms with E-state index in [0.717, 1.165) is 93.7 Å². The molecule has 2 aliphatic rings. The first-order chi connectivity index (χ1) is 29.6. The van der Waals surface area contributed by atoms with Gasteiger partial charge in [-0.05, 0) is 89.2 Å². The first-order valence-corrected chi connectivity index (χ1v) is 26.2. The van der Waals surface area contributed by atoms with Gasteiger partial charge < -0.3 is 29.2 Å². The normalized spacial score (nSPS) is 14.9. The molecule has 1 N–H and O–H groups in total. The Morgan fingerprint density at radius 3 is 2.56 bits per heavy atom. The van der Waals surface area contributed by atoms with Crippen molar-refractivity contribution in [3.8, 4) is 17.6 Å². The van der Waals surface area contributed by atoms with E-state index in [4.69, 9.17) is 28.9 Å². The molecule has 14 heteroatoms. The highest BCUT2D eigenvalue weighted by Crippen LogP contribution is 2.33. The molecule has 61 heavy (non-hydrogen) atoms. The number of morpholine rings is 1. The fourth-order valence-corrected chi connectivity index (χ4v) is 10.0. The molecule has 0 aliphatic carbocycles. The Hall–Kier alpha value is -5.14. The van der Waals surface area contributed by atoms with Crippen LogP contribution < -0.4 is 15.0 Å². The van der Waals surface area contributed by atoms with Crippen molar-refractivity contribution in [1.82, 2.24) is 20.2 Å². The number of aromatic nitrogens is 2. The molecule has 2 aromatic heterocycles. The zero-order chi connectivity index (χ0) is 42.3. The van der Waals surface area contributed by atoms with Crippen LogP contribution in [-0.2, 0) is 27.2 Å². The van der Waals surface area contributed by atoms with Gasteiger partial charge in [-0.2, -0.15) is 0 Å². The van der Waals surface area contributed by atoms with Crippen LogP contribution in [0.4, 0.5) is 5.13 Å². The molecule has 11 nitrogen and oxygen atoms in total. The summed E-state index contributed by atoms with van der Waals surface area (Å²) < 4.78 is 24.1. The quantitative estimate of drug-likeness (QED) is 0.0376. The average molecular weight is 874 g/mol. The predicted octanol–water partition coefficient (Wildman–Crippen LogP) is 8.54. The number of esters is 1. The molecule has 0 radical (unpaired) electrons. The van der Waals surface area contributed by atoms with Gasteiger partial charge in [0.1, 0.15) is 15.6 Å². The number of ether oxygens (including phenoxy) is 4. The second kappa shape index (κ2) is 19.3. The van der Waals surface area contributed by atoms with E-state index >= 15 is 0 Å². The minimum Gasteiger partial charge on any atom is -0.494 e. The first-order valence-electron chi connectivity index (χ1n) is 20.8. The Morgan fingerprint density at radius 1 is 0.918 bits per heavy atom. The van der Waals surface area contributed by atoms with Crippen molar-refractivity contribution in [3.05, 3.63) is 117 Å². The van der Waals surface area contributed by atoms with Crippen molar-refractivity contribution in [2.75, 3.05) is 64.6 Å². The number of nitrogens with one attached hydrogen (secondary N) is 1. The number of rotatable bonds is 14. The number of carbonyl (C=O) groups is 2. The van der Waals surface area contributed by atoms with Crippen molar-refractivity contribution in [3.63, 3.8) is 0 Å². The zero-order valence-electron chi connectivity index (χ0n) is 35.1. The Balaban J connectivity index is 0.972. The highest BCUT2D eigenvalue weighted by molar-refractivity contribution is 7.18. The SMILES string of the molecule is COC(=O)c1nc(N2CCc3cccc(C(=O)NC(OCC[Si](C)(C)C)c4nc5ccccc5s4)c3C2)sc1C#Cc1ccc2cc(OCCCN3CCOCC3)ccc2c1. The van der Waals surface area contributed by atoms with Gasteiger partial charge in [0.15, 0.2) is 17.1 Å². The molecule has 0 bridgehead atoms. The van der Waals surface area contributed by atoms with Gasteiger partial charge in [0.05, 0.1) is 37.1 Å². The summed E-state index contributed by atoms with van der Waals surface area (Å²) in [5, 5.41) is 6.65. The third kappa shape index (κ3) is 10.7. The van der Waals surface area contributed by atoms with Crippen LogP contribution in [0, 0.1) is 11.8 Å². The van der Waals surface area contributed by atoms with Crippen LogP contribution in [-0.4, -0.2) is 94.5 Å². The Bertz CT molecular complexity index is 2550. The van der Waals surface area contributed by atoms with E-state index in [1.165, 1.54) is 29.8 Å². The van der Waals surface area contributed by atoms with Crippen molar-refractivity contribution in [2.24, 2.45) is 0 Å². The summed E-state index contributed by atoms with van der Waals surface area (Å²) in [6.07, 6.45) is 0.982. The number of thiazole rings is 2. The number of para-hydroxylation sites is 1. The molecule has 1 saturated heterocycles. The third-order valence-electron chi connectivity index (χ3n) is 10.8. The van der Waals surface area contributed by atoms with E-state index in [-0.39, 0.29) is 11.6 Å². The highest BCUT2D eigenvalue weighted by atomic mass is 32.1. The van der Waals surface area contributed by atoms with Gasteiger partial charge in [-0.3, -0.25) is 9.69 Å². The molecule has 1 amide bonds. The monoisotopic (exact) mass is 873 g/mol. The molecule has 0 saturated carbocycles. The maximum atomic E-state index is 14.2. The smallest absolute Gasteiger partial charge is 0.358 e. The van der Waals surface area contributed by atoms with Crippen LogP contribution in [0.25, 0.3) is 21.0 Å². The Morgan fingerprint density at radius 2 is 1.74 bits per heavy atom. The molecule has 0 spiro atoms. The van der Waals surface area contributed by atoms with Crippen molar-refractivity contribution in [2.45, 2.75) is 51.3 Å². The third-order valence-corrected chi connectivity index (χ3v) is 14.7. The minimum atomic E-state index is -1.39. The van der Waals surface area contributed by atoms with Crippen LogP contribution in [0.3, 0.4) is 0 Å². The molecular weight excluding hydrogens is 823 g/mol. The summed E-state index contributed by atoms with van der Waals surface area (Å²) in [6, 6.07) is 26.9. The topological polar surface area (TPSA) is 115 Å². The molecule has 1 fully saturated rings. The highest BCUT2D eigenvalue weighted by Gasteiger charge is 2.29. The molecule has 4 heterocycles. The van der Waals surface area contributed by atoms with E-state index in [0.29, 0.717) is 48.3 Å². The fraction of sp³-hybridized carbons (Fsp3) is 0.362. The number of fused-ring (bicyclic) bond motifs is 3. The molecule has 1 atom stereocenters. The Labute approximate surface area is 366 Å². The molecule has 316 valence electrons. The number of hydrogen-bond donors (Lipinski definition) is 1. The van der Waals surface area contributed by atoms with E-state index in [1.54, 1.807) is 0 Å². The van der Waals surface area contributed by atoms with E-state index < -0.39 is 20.3 Å². The maximum Gasteiger partial charge on any atom is 0.358 e. The van der Waals surface area contributed by atoms with Crippen LogP contribution in [0.15, 0.2) is 78.9 Å². The maximum absolute atomic E-state index is 14.2. The largest absolute Gasteiger partial charge is 0.494 e. The minimum absolute atomic E-state index is 0.178. The van der Waals surface area contributed by atoms with Gasteiger partial charge in [0, 0.05) is 58.5 Å². The lowest BCUT2D eigenvalue weighted by Gasteiger charge is -2.30. The summed E-state index contributed by atoms with van der Waals surface area (Å²) >= 11 is 2.89. The lowest BCUT2D eigenvalue weighted by Crippen LogP contribution is -2.37. The summed E-state index contributed by atoms with van der Waals surface area (Å²) in [7, 11) is -0.0354. The number of methoxy groups -OCH3 is 1. The van der Waals surface area contributed by atoms with Gasteiger partial charge in [-0.15, -0.1) is 11.3 Å². The van der Waals surface area contributed by atoms with Gasteiger partial charge >= 0.3 is 5.97 Å². The first kappa shape index (κ1) is 42.5. The molecule has 8 rings (SSSR count). The van der Waals surface area contributed by atoms with Crippen LogP contribution in [0.1, 0.15) is 60.1 Å². The number of amides is 1. The second-order valence-corrected chi connectivity index (χ2v) is 24.1. The molecule has 6 aromatic rings. The number of nitrogens with zero attached hydrogens (tertiary/aromatic N) is 4. The van der Waals surface area contributed by atoms with E-state index in [1.807, 2.05) is 66.7 Å². The van der Waals surface area contributed by atoms with Gasteiger partial charge in [0.2, 0.25) is 0 Å². The fourth-order valence-electron chi connectivity index (χ4n) is 7.40.